The molecule has 1 saturated carbocycles. The average molecular weight is 284 g/mol. The quantitative estimate of drug-likeness (QED) is 0.882. The molecule has 21 heavy (non-hydrogen) atoms. The van der Waals surface area contributed by atoms with Crippen molar-refractivity contribution in [1.29, 1.82) is 0 Å². The molecule has 2 aromatic rings. The highest BCUT2D eigenvalue weighted by Gasteiger charge is 2.30. The molecule has 1 fully saturated rings. The fraction of sp³-hybridized carbons (Fsp3) is 0.312. The van der Waals surface area contributed by atoms with Gasteiger partial charge in [0.25, 0.3) is 5.91 Å². The molecule has 2 N–H and O–H groups in total. The number of carbonyl (C=O) groups is 2. The van der Waals surface area contributed by atoms with Gasteiger partial charge in [0.2, 0.25) is 0 Å². The number of nitrogens with one attached hydrogen (secondary N) is 1. The normalized spacial score (nSPS) is 15.6. The third-order valence-corrected chi connectivity index (χ3v) is 3.76. The molecule has 1 heterocycles. The van der Waals surface area contributed by atoms with Gasteiger partial charge in [-0.2, -0.15) is 0 Å². The van der Waals surface area contributed by atoms with E-state index in [2.05, 4.69) is 10.3 Å². The number of benzene rings is 1. The van der Waals surface area contributed by atoms with Crippen LogP contribution in [0.2, 0.25) is 0 Å². The minimum absolute atomic E-state index is 0.360. The zero-order valence-electron chi connectivity index (χ0n) is 11.5. The molecule has 108 valence electrons. The van der Waals surface area contributed by atoms with Crippen LogP contribution in [0.15, 0.2) is 36.5 Å². The highest BCUT2D eigenvalue weighted by atomic mass is 16.4. The Balaban J connectivity index is 1.84. The predicted octanol–water partition coefficient (Wildman–Crippen LogP) is 2.22. The first-order valence-electron chi connectivity index (χ1n) is 7.02. The molecule has 1 aromatic heterocycles. The van der Waals surface area contributed by atoms with E-state index < -0.39 is 12.0 Å². The highest BCUT2D eigenvalue weighted by molar-refractivity contribution is 6.06. The first-order chi connectivity index (χ1) is 10.1. The van der Waals surface area contributed by atoms with Gasteiger partial charge in [0.05, 0.1) is 11.1 Å². The molecule has 0 radical (unpaired) electrons. The van der Waals surface area contributed by atoms with Gasteiger partial charge in [0.1, 0.15) is 6.04 Å². The Hall–Kier alpha value is -2.43. The van der Waals surface area contributed by atoms with Crippen molar-refractivity contribution >= 4 is 22.8 Å². The maximum atomic E-state index is 12.4. The van der Waals surface area contributed by atoms with Crippen LogP contribution in [0, 0.1) is 5.92 Å². The van der Waals surface area contributed by atoms with E-state index in [1.807, 2.05) is 24.3 Å². The molecule has 5 nitrogen and oxygen atoms in total. The maximum absolute atomic E-state index is 12.4. The lowest BCUT2D eigenvalue weighted by molar-refractivity contribution is -0.139. The van der Waals surface area contributed by atoms with Gasteiger partial charge in [-0.15, -0.1) is 0 Å². The number of fused-ring (bicyclic) bond motifs is 1. The predicted molar refractivity (Wildman–Crippen MR) is 78.0 cm³/mol. The van der Waals surface area contributed by atoms with Gasteiger partial charge >= 0.3 is 5.97 Å². The number of nitrogens with zero attached hydrogens (tertiary/aromatic N) is 1. The van der Waals surface area contributed by atoms with E-state index in [4.69, 9.17) is 0 Å². The molecule has 1 atom stereocenters. The van der Waals surface area contributed by atoms with Crippen molar-refractivity contribution in [2.75, 3.05) is 0 Å². The van der Waals surface area contributed by atoms with Crippen LogP contribution in [-0.2, 0) is 4.79 Å². The van der Waals surface area contributed by atoms with Gasteiger partial charge in [-0.1, -0.05) is 31.0 Å². The lowest BCUT2D eigenvalue weighted by Crippen LogP contribution is -2.41. The first-order valence-corrected chi connectivity index (χ1v) is 7.02. The Kier molecular flexibility index (Phi) is 3.56. The van der Waals surface area contributed by atoms with E-state index in [0.29, 0.717) is 17.9 Å². The minimum Gasteiger partial charge on any atom is -0.480 e. The fourth-order valence-corrected chi connectivity index (χ4v) is 2.44. The largest absolute Gasteiger partial charge is 0.480 e. The zero-order chi connectivity index (χ0) is 14.8. The number of hydrogen-bond donors (Lipinski definition) is 2. The Morgan fingerprint density at radius 1 is 1.29 bits per heavy atom. The highest BCUT2D eigenvalue weighted by Crippen LogP contribution is 2.33. The number of carbonyl (C=O) groups excluding carboxylic acids is 1. The zero-order valence-corrected chi connectivity index (χ0v) is 11.5. The SMILES string of the molecule is O=C(N[C@H](CC1CC1)C(=O)O)c1ccnc2ccccc12. The molecule has 5 heteroatoms. The van der Waals surface area contributed by atoms with Crippen molar-refractivity contribution < 1.29 is 14.7 Å². The Labute approximate surface area is 122 Å². The number of aromatic nitrogens is 1. The number of carboxylic acids is 1. The Bertz CT molecular complexity index is 689. The number of para-hydroxylation sites is 1. The van der Waals surface area contributed by atoms with Crippen molar-refractivity contribution in [2.24, 2.45) is 5.92 Å². The van der Waals surface area contributed by atoms with Gasteiger partial charge in [-0.25, -0.2) is 4.79 Å². The number of hydrogen-bond acceptors (Lipinski definition) is 3. The topological polar surface area (TPSA) is 79.3 Å². The summed E-state index contributed by atoms with van der Waals surface area (Å²) in [4.78, 5) is 27.8. The number of pyridine rings is 1. The van der Waals surface area contributed by atoms with E-state index in [0.717, 1.165) is 23.7 Å². The van der Waals surface area contributed by atoms with Gasteiger partial charge in [0.15, 0.2) is 0 Å². The summed E-state index contributed by atoms with van der Waals surface area (Å²) in [5.74, 6) is -0.907. The summed E-state index contributed by atoms with van der Waals surface area (Å²) in [7, 11) is 0. The van der Waals surface area contributed by atoms with E-state index in [9.17, 15) is 14.7 Å². The van der Waals surface area contributed by atoms with Crippen LogP contribution in [0.25, 0.3) is 10.9 Å². The first kappa shape index (κ1) is 13.5. The Morgan fingerprint density at radius 3 is 2.76 bits per heavy atom. The second-order valence-corrected chi connectivity index (χ2v) is 5.42. The number of aliphatic carboxylic acids is 1. The lowest BCUT2D eigenvalue weighted by Gasteiger charge is -2.14. The monoisotopic (exact) mass is 284 g/mol. The van der Waals surface area contributed by atoms with Crippen molar-refractivity contribution in [3.05, 3.63) is 42.1 Å². The van der Waals surface area contributed by atoms with E-state index in [1.54, 1.807) is 12.3 Å². The second kappa shape index (κ2) is 5.52. The second-order valence-electron chi connectivity index (χ2n) is 5.42. The van der Waals surface area contributed by atoms with Gasteiger partial charge in [-0.05, 0) is 24.5 Å². The van der Waals surface area contributed by atoms with Gasteiger partial charge < -0.3 is 10.4 Å². The maximum Gasteiger partial charge on any atom is 0.326 e. The lowest BCUT2D eigenvalue weighted by atomic mass is 10.1. The standard InChI is InChI=1S/C16H16N2O3/c19-15(18-14(16(20)21)9-10-5-6-10)12-7-8-17-13-4-2-1-3-11(12)13/h1-4,7-8,10,14H,5-6,9H2,(H,18,19)(H,20,21)/t14-/m1/s1. The summed E-state index contributed by atoms with van der Waals surface area (Å²) >= 11 is 0. The van der Waals surface area contributed by atoms with E-state index in [1.165, 1.54) is 0 Å². The summed E-state index contributed by atoms with van der Waals surface area (Å²) in [6.07, 6.45) is 4.17. The summed E-state index contributed by atoms with van der Waals surface area (Å²) in [5.41, 5.74) is 1.18. The molecule has 1 aliphatic rings. The fourth-order valence-electron chi connectivity index (χ4n) is 2.44. The number of rotatable bonds is 5. The van der Waals surface area contributed by atoms with Crippen LogP contribution in [0.5, 0.6) is 0 Å². The molecule has 0 aliphatic heterocycles. The number of carboxylic acid groups (broad SMARTS) is 1. The third kappa shape index (κ3) is 3.02. The van der Waals surface area contributed by atoms with Crippen molar-refractivity contribution in [2.45, 2.75) is 25.3 Å². The molecular formula is C16H16N2O3. The molecule has 0 spiro atoms. The molecule has 3 rings (SSSR count). The summed E-state index contributed by atoms with van der Waals surface area (Å²) in [5, 5.41) is 12.6. The van der Waals surface area contributed by atoms with Gasteiger partial charge in [0, 0.05) is 11.6 Å². The minimum atomic E-state index is -0.978. The average Bonchev–Trinajstić information content (AvgIpc) is 3.29. The molecular weight excluding hydrogens is 268 g/mol. The molecule has 0 bridgehead atoms. The van der Waals surface area contributed by atoms with Crippen LogP contribution < -0.4 is 5.32 Å². The van der Waals surface area contributed by atoms with E-state index >= 15 is 0 Å². The molecule has 1 aliphatic carbocycles. The van der Waals surface area contributed by atoms with Crippen LogP contribution in [0.1, 0.15) is 29.6 Å². The van der Waals surface area contributed by atoms with Crippen molar-refractivity contribution in [3.8, 4) is 0 Å². The van der Waals surface area contributed by atoms with Crippen LogP contribution >= 0.6 is 0 Å². The summed E-state index contributed by atoms with van der Waals surface area (Å²) in [6, 6.07) is 8.12. The summed E-state index contributed by atoms with van der Waals surface area (Å²) < 4.78 is 0. The molecule has 1 amide bonds. The number of amides is 1. The van der Waals surface area contributed by atoms with Gasteiger partial charge in [-0.3, -0.25) is 9.78 Å². The molecule has 0 unspecified atom stereocenters. The van der Waals surface area contributed by atoms with Crippen molar-refractivity contribution in [1.82, 2.24) is 10.3 Å². The summed E-state index contributed by atoms with van der Waals surface area (Å²) in [6.45, 7) is 0. The smallest absolute Gasteiger partial charge is 0.326 e. The van der Waals surface area contributed by atoms with Crippen LogP contribution in [0.3, 0.4) is 0 Å². The molecule has 0 saturated heterocycles. The van der Waals surface area contributed by atoms with E-state index in [-0.39, 0.29) is 5.91 Å². The third-order valence-electron chi connectivity index (χ3n) is 3.76. The molecule has 1 aromatic carbocycles. The van der Waals surface area contributed by atoms with Crippen molar-refractivity contribution in [3.63, 3.8) is 0 Å². The van der Waals surface area contributed by atoms with Crippen LogP contribution in [0.4, 0.5) is 0 Å². The van der Waals surface area contributed by atoms with Crippen LogP contribution in [-0.4, -0.2) is 28.0 Å². The Morgan fingerprint density at radius 2 is 2.05 bits per heavy atom.